The first-order valence-electron chi connectivity index (χ1n) is 14.5. The number of nitrogens with one attached hydrogen (secondary N) is 2. The maximum Gasteiger partial charge on any atom is 0.326 e. The minimum atomic E-state index is -1.01. The first kappa shape index (κ1) is 27.8. The van der Waals surface area contributed by atoms with Crippen LogP contribution in [0.25, 0.3) is 5.69 Å². The van der Waals surface area contributed by atoms with Crippen LogP contribution >= 0.6 is 0 Å². The Balaban J connectivity index is 1.08. The maximum absolute atomic E-state index is 13.0. The van der Waals surface area contributed by atoms with E-state index in [1.54, 1.807) is 22.9 Å². The van der Waals surface area contributed by atoms with Gasteiger partial charge in [-0.2, -0.15) is 5.10 Å². The molecular formula is C31H40N6O3. The van der Waals surface area contributed by atoms with Crippen molar-refractivity contribution in [3.8, 4) is 5.69 Å². The van der Waals surface area contributed by atoms with Gasteiger partial charge in [-0.25, -0.2) is 14.5 Å². The van der Waals surface area contributed by atoms with Crippen molar-refractivity contribution < 1.29 is 14.7 Å². The predicted octanol–water partition coefficient (Wildman–Crippen LogP) is 4.16. The summed E-state index contributed by atoms with van der Waals surface area (Å²) in [6.07, 6.45) is 6.98. The summed E-state index contributed by atoms with van der Waals surface area (Å²) < 4.78 is 1.78. The molecule has 212 valence electrons. The second-order valence-corrected chi connectivity index (χ2v) is 11.2. The van der Waals surface area contributed by atoms with Crippen LogP contribution in [0.2, 0.25) is 0 Å². The Kier molecular flexibility index (Phi) is 8.79. The number of aromatic nitrogens is 3. The molecule has 1 saturated heterocycles. The SMILES string of the molecule is Cc1cc(C)n(-c2cccc(C(=O)N[C@@H](CCN3CCC(CCc4ccc5c(n4)NCCC5)CC3)C(=O)O)c2)n1. The van der Waals surface area contributed by atoms with Crippen molar-refractivity contribution in [2.45, 2.75) is 64.8 Å². The van der Waals surface area contributed by atoms with Gasteiger partial charge in [0.25, 0.3) is 5.91 Å². The average molecular weight is 545 g/mol. The highest BCUT2D eigenvalue weighted by atomic mass is 16.4. The van der Waals surface area contributed by atoms with Gasteiger partial charge in [-0.1, -0.05) is 12.1 Å². The zero-order chi connectivity index (χ0) is 28.1. The van der Waals surface area contributed by atoms with E-state index in [9.17, 15) is 14.7 Å². The number of carbonyl (C=O) groups excluding carboxylic acids is 1. The van der Waals surface area contributed by atoms with Gasteiger partial charge in [-0.05, 0) is 114 Å². The fourth-order valence-electron chi connectivity index (χ4n) is 5.84. The lowest BCUT2D eigenvalue weighted by Crippen LogP contribution is -2.44. The number of pyridine rings is 1. The fourth-order valence-corrected chi connectivity index (χ4v) is 5.84. The monoisotopic (exact) mass is 544 g/mol. The summed E-state index contributed by atoms with van der Waals surface area (Å²) in [5, 5.41) is 20.4. The van der Waals surface area contributed by atoms with Crippen molar-refractivity contribution in [3.63, 3.8) is 0 Å². The van der Waals surface area contributed by atoms with E-state index in [-0.39, 0.29) is 5.91 Å². The Labute approximate surface area is 236 Å². The summed E-state index contributed by atoms with van der Waals surface area (Å²) in [6.45, 7) is 7.44. The highest BCUT2D eigenvalue weighted by Gasteiger charge is 2.24. The van der Waals surface area contributed by atoms with Crippen LogP contribution in [0.15, 0.2) is 42.5 Å². The zero-order valence-corrected chi connectivity index (χ0v) is 23.5. The van der Waals surface area contributed by atoms with Gasteiger partial charge in [0, 0.05) is 30.0 Å². The lowest BCUT2D eigenvalue weighted by molar-refractivity contribution is -0.139. The molecule has 4 heterocycles. The molecule has 9 nitrogen and oxygen atoms in total. The minimum absolute atomic E-state index is 0.370. The smallest absolute Gasteiger partial charge is 0.326 e. The van der Waals surface area contributed by atoms with Crippen LogP contribution in [-0.2, 0) is 17.6 Å². The number of carboxylic acids is 1. The Morgan fingerprint density at radius 2 is 1.98 bits per heavy atom. The van der Waals surface area contributed by atoms with Gasteiger partial charge in [0.15, 0.2) is 0 Å². The molecule has 0 unspecified atom stereocenters. The van der Waals surface area contributed by atoms with Gasteiger partial charge < -0.3 is 20.6 Å². The summed E-state index contributed by atoms with van der Waals surface area (Å²) in [5.41, 5.74) is 5.54. The van der Waals surface area contributed by atoms with Gasteiger partial charge >= 0.3 is 5.97 Å². The summed E-state index contributed by atoms with van der Waals surface area (Å²) in [7, 11) is 0. The fraction of sp³-hybridized carbons (Fsp3) is 0.484. The first-order valence-corrected chi connectivity index (χ1v) is 14.5. The van der Waals surface area contributed by atoms with Crippen LogP contribution in [0.3, 0.4) is 0 Å². The van der Waals surface area contributed by atoms with Gasteiger partial charge in [0.2, 0.25) is 0 Å². The van der Waals surface area contributed by atoms with Crippen LogP contribution in [-0.4, -0.2) is 68.9 Å². The molecule has 40 heavy (non-hydrogen) atoms. The number of amides is 1. The summed E-state index contributed by atoms with van der Waals surface area (Å²) in [4.78, 5) is 32.1. The molecule has 1 fully saturated rings. The minimum Gasteiger partial charge on any atom is -0.480 e. The summed E-state index contributed by atoms with van der Waals surface area (Å²) in [6, 6.07) is 12.6. The second-order valence-electron chi connectivity index (χ2n) is 11.2. The number of likely N-dealkylation sites (tertiary alicyclic amines) is 1. The third-order valence-corrected chi connectivity index (χ3v) is 8.17. The van der Waals surface area contributed by atoms with Gasteiger partial charge in [0.1, 0.15) is 11.9 Å². The zero-order valence-electron chi connectivity index (χ0n) is 23.5. The van der Waals surface area contributed by atoms with E-state index in [4.69, 9.17) is 4.98 Å². The van der Waals surface area contributed by atoms with Crippen LogP contribution in [0.5, 0.6) is 0 Å². The van der Waals surface area contributed by atoms with E-state index in [0.717, 1.165) is 80.3 Å². The number of carbonyl (C=O) groups is 2. The Morgan fingerprint density at radius 3 is 2.73 bits per heavy atom. The van der Waals surface area contributed by atoms with Crippen molar-refractivity contribution in [1.82, 2.24) is 25.0 Å². The third-order valence-electron chi connectivity index (χ3n) is 8.17. The molecule has 3 aromatic rings. The van der Waals surface area contributed by atoms with Crippen molar-refractivity contribution in [2.24, 2.45) is 5.92 Å². The Bertz CT molecular complexity index is 1340. The molecule has 0 aliphatic carbocycles. The van der Waals surface area contributed by atoms with Crippen LogP contribution in [0.1, 0.15) is 65.1 Å². The average Bonchev–Trinajstić information content (AvgIpc) is 3.31. The third kappa shape index (κ3) is 6.88. The van der Waals surface area contributed by atoms with Crippen LogP contribution in [0, 0.1) is 19.8 Å². The number of piperidine rings is 1. The number of rotatable bonds is 10. The summed E-state index contributed by atoms with van der Waals surface area (Å²) >= 11 is 0. The van der Waals surface area contributed by atoms with E-state index in [1.807, 2.05) is 26.0 Å². The normalized spacial score (nSPS) is 16.6. The van der Waals surface area contributed by atoms with Crippen molar-refractivity contribution in [2.75, 3.05) is 31.5 Å². The Morgan fingerprint density at radius 1 is 1.15 bits per heavy atom. The molecule has 3 N–H and O–H groups in total. The lowest BCUT2D eigenvalue weighted by atomic mass is 9.91. The molecule has 2 aliphatic heterocycles. The van der Waals surface area contributed by atoms with Crippen molar-refractivity contribution in [1.29, 1.82) is 0 Å². The maximum atomic E-state index is 13.0. The predicted molar refractivity (Wildman–Crippen MR) is 155 cm³/mol. The Hall–Kier alpha value is -3.72. The molecule has 9 heteroatoms. The lowest BCUT2D eigenvalue weighted by Gasteiger charge is -2.32. The molecule has 2 aliphatic rings. The molecule has 0 saturated carbocycles. The first-order chi connectivity index (χ1) is 19.4. The van der Waals surface area contributed by atoms with Gasteiger partial charge in [-0.3, -0.25) is 4.79 Å². The standard InChI is InChI=1S/C31H40N6O3/c1-21-19-22(2)37(35-21)27-7-3-5-25(20-27)30(38)34-28(31(39)40)14-18-36-16-12-23(13-17-36)8-10-26-11-9-24-6-4-15-32-29(24)33-26/h3,5,7,9,11,19-20,23,28H,4,6,8,10,12-18H2,1-2H3,(H,32,33)(H,34,38)(H,39,40)/t28-/m0/s1. The second kappa shape index (κ2) is 12.6. The molecule has 0 spiro atoms. The van der Waals surface area contributed by atoms with E-state index < -0.39 is 12.0 Å². The van der Waals surface area contributed by atoms with Crippen molar-refractivity contribution in [3.05, 3.63) is 70.7 Å². The number of hydrogen-bond donors (Lipinski definition) is 3. The van der Waals surface area contributed by atoms with Crippen molar-refractivity contribution >= 4 is 17.7 Å². The molecular weight excluding hydrogens is 504 g/mol. The quantitative estimate of drug-likeness (QED) is 0.351. The number of aryl methyl sites for hydroxylation is 4. The van der Waals surface area contributed by atoms with E-state index in [1.165, 1.54) is 12.0 Å². The molecule has 0 radical (unpaired) electrons. The number of nitrogens with zero attached hydrogens (tertiary/aromatic N) is 4. The van der Waals surface area contributed by atoms with Crippen LogP contribution in [0.4, 0.5) is 5.82 Å². The van der Waals surface area contributed by atoms with E-state index >= 15 is 0 Å². The molecule has 5 rings (SSSR count). The molecule has 1 aromatic carbocycles. The number of carboxylic acid groups (broad SMARTS) is 1. The largest absolute Gasteiger partial charge is 0.480 e. The van der Waals surface area contributed by atoms with Gasteiger partial charge in [-0.15, -0.1) is 0 Å². The molecule has 1 atom stereocenters. The molecule has 0 bridgehead atoms. The molecule has 2 aromatic heterocycles. The van der Waals surface area contributed by atoms with Gasteiger partial charge in [0.05, 0.1) is 11.4 Å². The number of fused-ring (bicyclic) bond motifs is 1. The number of anilines is 1. The van der Waals surface area contributed by atoms with Crippen LogP contribution < -0.4 is 10.6 Å². The van der Waals surface area contributed by atoms with E-state index in [2.05, 4.69) is 32.8 Å². The number of aliphatic carboxylic acids is 1. The topological polar surface area (TPSA) is 112 Å². The molecule has 1 amide bonds. The van der Waals surface area contributed by atoms with E-state index in [0.29, 0.717) is 24.4 Å². The highest BCUT2D eigenvalue weighted by Crippen LogP contribution is 2.25. The summed E-state index contributed by atoms with van der Waals surface area (Å²) in [5.74, 6) is 0.325. The number of hydrogen-bond acceptors (Lipinski definition) is 6. The number of benzene rings is 1. The highest BCUT2D eigenvalue weighted by molar-refractivity contribution is 5.97.